The van der Waals surface area contributed by atoms with Gasteiger partial charge in [-0.3, -0.25) is 9.69 Å². The number of anilines is 1. The maximum absolute atomic E-state index is 13.4. The van der Waals surface area contributed by atoms with Gasteiger partial charge in [-0.2, -0.15) is 0 Å². The van der Waals surface area contributed by atoms with Crippen LogP contribution >= 0.6 is 22.7 Å². The van der Waals surface area contributed by atoms with Crippen molar-refractivity contribution in [3.05, 3.63) is 52.5 Å². The largest absolute Gasteiger partial charge is 0.338 e. The summed E-state index contributed by atoms with van der Waals surface area (Å²) in [6, 6.07) is 9.97. The first-order chi connectivity index (χ1) is 13.4. The summed E-state index contributed by atoms with van der Waals surface area (Å²) in [6.45, 7) is 5.65. The minimum atomic E-state index is -0.00928. The molecule has 0 saturated heterocycles. The molecule has 0 saturated carbocycles. The third kappa shape index (κ3) is 3.65. The van der Waals surface area contributed by atoms with Gasteiger partial charge in [0.1, 0.15) is 0 Å². The third-order valence-electron chi connectivity index (χ3n) is 4.70. The van der Waals surface area contributed by atoms with Crippen LogP contribution in [0.3, 0.4) is 0 Å². The molecule has 1 N–H and O–H groups in total. The van der Waals surface area contributed by atoms with E-state index in [4.69, 9.17) is 4.98 Å². The number of quaternary nitrogens is 1. The van der Waals surface area contributed by atoms with Crippen molar-refractivity contribution < 1.29 is 9.69 Å². The highest BCUT2D eigenvalue weighted by Gasteiger charge is 2.23. The van der Waals surface area contributed by atoms with Crippen LogP contribution in [0.2, 0.25) is 0 Å². The van der Waals surface area contributed by atoms with E-state index < -0.39 is 0 Å². The lowest BCUT2D eigenvalue weighted by Crippen LogP contribution is -3.06. The van der Waals surface area contributed by atoms with Crippen molar-refractivity contribution in [2.75, 3.05) is 32.1 Å². The molecule has 4 rings (SSSR count). The number of thiazole rings is 2. The average molecular weight is 412 g/mol. The molecule has 0 bridgehead atoms. The molecule has 4 aromatic rings. The Morgan fingerprint density at radius 2 is 1.96 bits per heavy atom. The Bertz CT molecular complexity index is 1160. The number of likely N-dealkylation sites (N-methyl/N-ethyl adjacent to an activating group) is 1. The lowest BCUT2D eigenvalue weighted by molar-refractivity contribution is -0.856. The molecule has 2 aromatic heterocycles. The molecule has 0 unspecified atom stereocenters. The molecule has 0 aliphatic carbocycles. The van der Waals surface area contributed by atoms with E-state index >= 15 is 0 Å². The van der Waals surface area contributed by atoms with Crippen LogP contribution in [-0.4, -0.2) is 43.1 Å². The zero-order chi connectivity index (χ0) is 19.8. The monoisotopic (exact) mass is 411 g/mol. The van der Waals surface area contributed by atoms with E-state index in [-0.39, 0.29) is 5.91 Å². The molecule has 5 nitrogen and oxygen atoms in total. The van der Waals surface area contributed by atoms with Crippen molar-refractivity contribution in [3.63, 3.8) is 0 Å². The summed E-state index contributed by atoms with van der Waals surface area (Å²) < 4.78 is 2.17. The summed E-state index contributed by atoms with van der Waals surface area (Å²) >= 11 is 3.15. The number of amides is 1. The summed E-state index contributed by atoms with van der Waals surface area (Å²) in [6.07, 6.45) is 0. The Hall–Kier alpha value is -2.35. The number of hydrogen-bond donors (Lipinski definition) is 1. The van der Waals surface area contributed by atoms with E-state index in [9.17, 15) is 4.79 Å². The summed E-state index contributed by atoms with van der Waals surface area (Å²) in [7, 11) is 4.19. The van der Waals surface area contributed by atoms with Crippen LogP contribution in [0.5, 0.6) is 0 Å². The van der Waals surface area contributed by atoms with Gasteiger partial charge >= 0.3 is 0 Å². The van der Waals surface area contributed by atoms with Crippen molar-refractivity contribution in [3.8, 4) is 0 Å². The quantitative estimate of drug-likeness (QED) is 0.548. The average Bonchev–Trinajstić information content (AvgIpc) is 3.27. The Morgan fingerprint density at radius 3 is 2.75 bits per heavy atom. The van der Waals surface area contributed by atoms with E-state index in [2.05, 4.69) is 45.1 Å². The number of rotatable bonds is 5. The minimum absolute atomic E-state index is 0.00928. The normalized spacial score (nSPS) is 11.6. The Balaban J connectivity index is 1.75. The maximum atomic E-state index is 13.4. The number of carbonyl (C=O) groups excluding carboxylic acids is 1. The van der Waals surface area contributed by atoms with E-state index in [1.807, 2.05) is 28.6 Å². The van der Waals surface area contributed by atoms with Crippen molar-refractivity contribution in [2.24, 2.45) is 0 Å². The Kier molecular flexibility index (Phi) is 5.14. The fourth-order valence-corrected chi connectivity index (χ4v) is 5.00. The standard InChI is InChI=1S/C21H22N4OS2/c1-13-9-14(2)19-17(10-13)23-21(28-19)25(8-7-24(3)4)20(26)15-5-6-16-18(11-15)27-12-22-16/h5-6,9-12H,7-8H2,1-4H3/p+1. The number of aryl methyl sites for hydroxylation is 2. The van der Waals surface area contributed by atoms with Crippen molar-refractivity contribution >= 4 is 54.1 Å². The topological polar surface area (TPSA) is 50.5 Å². The first kappa shape index (κ1) is 19.0. The van der Waals surface area contributed by atoms with Crippen LogP contribution in [0, 0.1) is 13.8 Å². The van der Waals surface area contributed by atoms with Crippen LogP contribution in [0.1, 0.15) is 21.5 Å². The van der Waals surface area contributed by atoms with Gasteiger partial charge in [-0.05, 0) is 49.2 Å². The summed E-state index contributed by atoms with van der Waals surface area (Å²) in [5, 5.41) is 0.763. The van der Waals surface area contributed by atoms with Gasteiger partial charge in [-0.25, -0.2) is 9.97 Å². The van der Waals surface area contributed by atoms with Crippen molar-refractivity contribution in [2.45, 2.75) is 13.8 Å². The molecule has 2 aromatic carbocycles. The molecule has 0 spiro atoms. The number of aromatic nitrogens is 2. The molecule has 28 heavy (non-hydrogen) atoms. The summed E-state index contributed by atoms with van der Waals surface area (Å²) in [5.74, 6) is -0.00928. The predicted molar refractivity (Wildman–Crippen MR) is 118 cm³/mol. The lowest BCUT2D eigenvalue weighted by Gasteiger charge is -2.20. The van der Waals surface area contributed by atoms with Gasteiger partial charge in [0.05, 0.1) is 53.1 Å². The molecule has 0 aliphatic heterocycles. The molecular formula is C21H23N4OS2+. The Morgan fingerprint density at radius 1 is 1.14 bits per heavy atom. The van der Waals surface area contributed by atoms with Gasteiger partial charge < -0.3 is 4.90 Å². The van der Waals surface area contributed by atoms with E-state index in [1.54, 1.807) is 22.7 Å². The zero-order valence-electron chi connectivity index (χ0n) is 16.4. The molecule has 0 aliphatic rings. The molecule has 7 heteroatoms. The van der Waals surface area contributed by atoms with Crippen LogP contribution in [-0.2, 0) is 0 Å². The fourth-order valence-electron chi connectivity index (χ4n) is 3.24. The van der Waals surface area contributed by atoms with Crippen molar-refractivity contribution in [1.29, 1.82) is 0 Å². The number of benzene rings is 2. The van der Waals surface area contributed by atoms with Crippen LogP contribution in [0.15, 0.2) is 35.8 Å². The first-order valence-corrected chi connectivity index (χ1v) is 10.9. The lowest BCUT2D eigenvalue weighted by atomic mass is 10.1. The molecular weight excluding hydrogens is 388 g/mol. The van der Waals surface area contributed by atoms with Gasteiger partial charge in [-0.15, -0.1) is 11.3 Å². The highest BCUT2D eigenvalue weighted by atomic mass is 32.1. The van der Waals surface area contributed by atoms with Crippen LogP contribution < -0.4 is 9.80 Å². The van der Waals surface area contributed by atoms with Gasteiger partial charge in [-0.1, -0.05) is 17.4 Å². The molecule has 1 amide bonds. The molecule has 2 heterocycles. The molecule has 0 fully saturated rings. The predicted octanol–water partition coefficient (Wildman–Crippen LogP) is 3.31. The van der Waals surface area contributed by atoms with E-state index in [0.717, 1.165) is 32.1 Å². The van der Waals surface area contributed by atoms with E-state index in [1.165, 1.54) is 16.0 Å². The number of fused-ring (bicyclic) bond motifs is 2. The first-order valence-electron chi connectivity index (χ1n) is 9.24. The molecule has 0 radical (unpaired) electrons. The minimum Gasteiger partial charge on any atom is -0.338 e. The summed E-state index contributed by atoms with van der Waals surface area (Å²) in [4.78, 5) is 25.7. The maximum Gasteiger partial charge on any atom is 0.260 e. The van der Waals surface area contributed by atoms with Gasteiger partial charge in [0.25, 0.3) is 5.91 Å². The smallest absolute Gasteiger partial charge is 0.260 e. The summed E-state index contributed by atoms with van der Waals surface area (Å²) in [5.41, 5.74) is 6.77. The number of hydrogen-bond acceptors (Lipinski definition) is 5. The van der Waals surface area contributed by atoms with Crippen LogP contribution in [0.25, 0.3) is 20.4 Å². The molecule has 144 valence electrons. The van der Waals surface area contributed by atoms with Gasteiger partial charge in [0, 0.05) is 5.56 Å². The fraction of sp³-hybridized carbons (Fsp3) is 0.286. The third-order valence-corrected chi connectivity index (χ3v) is 6.72. The zero-order valence-corrected chi connectivity index (χ0v) is 18.1. The van der Waals surface area contributed by atoms with Crippen LogP contribution in [0.4, 0.5) is 5.13 Å². The molecule has 0 atom stereocenters. The Labute approximate surface area is 172 Å². The second-order valence-electron chi connectivity index (χ2n) is 7.38. The van der Waals surface area contributed by atoms with Crippen molar-refractivity contribution in [1.82, 2.24) is 9.97 Å². The van der Waals surface area contributed by atoms with Gasteiger partial charge in [0.2, 0.25) is 0 Å². The second kappa shape index (κ2) is 7.58. The second-order valence-corrected chi connectivity index (χ2v) is 9.24. The van der Waals surface area contributed by atoms with E-state index in [0.29, 0.717) is 12.1 Å². The highest BCUT2D eigenvalue weighted by molar-refractivity contribution is 7.22. The number of nitrogens with one attached hydrogen (secondary N) is 1. The highest BCUT2D eigenvalue weighted by Crippen LogP contribution is 2.33. The number of nitrogens with zero attached hydrogens (tertiary/aromatic N) is 3. The SMILES string of the molecule is Cc1cc(C)c2sc(N(CC[NH+](C)C)C(=O)c3ccc4ncsc4c3)nc2c1. The number of carbonyl (C=O) groups is 1. The van der Waals surface area contributed by atoms with Gasteiger partial charge in [0.15, 0.2) is 5.13 Å².